The molecule has 0 unspecified atom stereocenters. The molecule has 5 nitrogen and oxygen atoms in total. The second-order valence-electron chi connectivity index (χ2n) is 4.87. The van der Waals surface area contributed by atoms with E-state index in [1.54, 1.807) is 0 Å². The van der Waals surface area contributed by atoms with Crippen LogP contribution in [0.1, 0.15) is 5.56 Å². The van der Waals surface area contributed by atoms with E-state index in [0.29, 0.717) is 12.2 Å². The Morgan fingerprint density at radius 3 is 2.44 bits per heavy atom. The summed E-state index contributed by atoms with van der Waals surface area (Å²) in [6.45, 7) is 0.595. The Kier molecular flexibility index (Phi) is 3.61. The first-order valence-electron chi connectivity index (χ1n) is 5.80. The molecule has 100 valence electrons. The third-order valence-corrected chi connectivity index (χ3v) is 4.97. The maximum Gasteiger partial charge on any atom is 0.154 e. The van der Waals surface area contributed by atoms with E-state index in [-0.39, 0.29) is 17.5 Å². The van der Waals surface area contributed by atoms with Crippen LogP contribution in [0.3, 0.4) is 0 Å². The maximum atomic E-state index is 11.4. The average Bonchev–Trinajstić information content (AvgIpc) is 2.55. The second-order valence-corrected chi connectivity index (χ2v) is 7.02. The number of likely N-dealkylation sites (N-methyl/N-ethyl adjacent to an activating group) is 1. The number of rotatable bonds is 3. The van der Waals surface area contributed by atoms with Crippen molar-refractivity contribution < 1.29 is 13.5 Å². The summed E-state index contributed by atoms with van der Waals surface area (Å²) in [5, 5.41) is 9.78. The molecule has 1 aliphatic heterocycles. The van der Waals surface area contributed by atoms with Gasteiger partial charge in [0.25, 0.3) is 0 Å². The minimum Gasteiger partial charge on any atom is -0.399 e. The summed E-state index contributed by atoms with van der Waals surface area (Å²) in [4.78, 5) is 1.88. The normalized spacial score (nSPS) is 26.6. The highest BCUT2D eigenvalue weighted by molar-refractivity contribution is 7.91. The number of anilines is 1. The second kappa shape index (κ2) is 4.87. The van der Waals surface area contributed by atoms with Crippen LogP contribution in [0.25, 0.3) is 0 Å². The van der Waals surface area contributed by atoms with E-state index in [0.717, 1.165) is 5.56 Å². The molecule has 0 aliphatic carbocycles. The highest BCUT2D eigenvalue weighted by Crippen LogP contribution is 2.19. The SMILES string of the molecule is CN(Cc1ccc(N)cc1)[C@H]1CS(=O)(=O)C[C@H]1O. The highest BCUT2D eigenvalue weighted by Gasteiger charge is 2.38. The fraction of sp³-hybridized carbons (Fsp3) is 0.500. The Labute approximate surface area is 107 Å². The minimum absolute atomic E-state index is 0.0274. The van der Waals surface area contributed by atoms with Gasteiger partial charge in [0.1, 0.15) is 0 Å². The predicted molar refractivity (Wildman–Crippen MR) is 70.8 cm³/mol. The van der Waals surface area contributed by atoms with Crippen molar-refractivity contribution in [2.24, 2.45) is 0 Å². The zero-order chi connectivity index (χ0) is 13.3. The van der Waals surface area contributed by atoms with Gasteiger partial charge in [-0.2, -0.15) is 0 Å². The molecule has 2 atom stereocenters. The molecule has 18 heavy (non-hydrogen) atoms. The zero-order valence-electron chi connectivity index (χ0n) is 10.3. The number of hydrogen-bond donors (Lipinski definition) is 2. The lowest BCUT2D eigenvalue weighted by Crippen LogP contribution is -2.40. The first-order chi connectivity index (χ1) is 8.37. The van der Waals surface area contributed by atoms with Crippen molar-refractivity contribution in [1.29, 1.82) is 0 Å². The molecule has 1 heterocycles. The van der Waals surface area contributed by atoms with E-state index in [1.807, 2.05) is 36.2 Å². The van der Waals surface area contributed by atoms with E-state index >= 15 is 0 Å². The van der Waals surface area contributed by atoms with Crippen molar-refractivity contribution in [3.05, 3.63) is 29.8 Å². The molecule has 1 aromatic rings. The monoisotopic (exact) mass is 270 g/mol. The van der Waals surface area contributed by atoms with Crippen molar-refractivity contribution in [2.45, 2.75) is 18.7 Å². The van der Waals surface area contributed by atoms with Crippen LogP contribution in [0.4, 0.5) is 5.69 Å². The first kappa shape index (κ1) is 13.3. The van der Waals surface area contributed by atoms with E-state index in [9.17, 15) is 13.5 Å². The fourth-order valence-electron chi connectivity index (χ4n) is 2.26. The van der Waals surface area contributed by atoms with Crippen molar-refractivity contribution in [3.63, 3.8) is 0 Å². The Hall–Kier alpha value is -1.11. The zero-order valence-corrected chi connectivity index (χ0v) is 11.1. The summed E-state index contributed by atoms with van der Waals surface area (Å²) < 4.78 is 22.9. The molecule has 0 aromatic heterocycles. The smallest absolute Gasteiger partial charge is 0.154 e. The summed E-state index contributed by atoms with van der Waals surface area (Å²) in [7, 11) is -1.28. The fourth-order valence-corrected chi connectivity index (χ4v) is 4.14. The lowest BCUT2D eigenvalue weighted by atomic mass is 10.1. The molecular formula is C12H18N2O3S. The molecule has 1 saturated heterocycles. The quantitative estimate of drug-likeness (QED) is 0.747. The Bertz CT molecular complexity index is 513. The molecule has 1 fully saturated rings. The van der Waals surface area contributed by atoms with Gasteiger partial charge in [-0.15, -0.1) is 0 Å². The van der Waals surface area contributed by atoms with Crippen LogP contribution in [0, 0.1) is 0 Å². The third-order valence-electron chi connectivity index (χ3n) is 3.27. The number of aliphatic hydroxyl groups is 1. The van der Waals surface area contributed by atoms with Gasteiger partial charge in [0.05, 0.1) is 23.7 Å². The largest absolute Gasteiger partial charge is 0.399 e. The standard InChI is InChI=1S/C12H18N2O3S/c1-14(6-9-2-4-10(13)5-3-9)11-7-18(16,17)8-12(11)15/h2-5,11-12,15H,6-8,13H2,1H3/t11-,12+/m0/s1. The molecule has 1 aliphatic rings. The summed E-state index contributed by atoms with van der Waals surface area (Å²) >= 11 is 0. The van der Waals surface area contributed by atoms with Gasteiger partial charge in [-0.3, -0.25) is 4.90 Å². The molecule has 1 aromatic carbocycles. The molecule has 6 heteroatoms. The maximum absolute atomic E-state index is 11.4. The van der Waals surface area contributed by atoms with Gasteiger partial charge >= 0.3 is 0 Å². The van der Waals surface area contributed by atoms with Gasteiger partial charge in [-0.25, -0.2) is 8.42 Å². The number of nitrogens with two attached hydrogens (primary N) is 1. The molecule has 2 rings (SSSR count). The van der Waals surface area contributed by atoms with Gasteiger partial charge in [0.15, 0.2) is 9.84 Å². The number of aliphatic hydroxyl groups excluding tert-OH is 1. The predicted octanol–water partition coefficient (Wildman–Crippen LogP) is -0.141. The van der Waals surface area contributed by atoms with Crippen molar-refractivity contribution in [2.75, 3.05) is 24.3 Å². The first-order valence-corrected chi connectivity index (χ1v) is 7.63. The van der Waals surface area contributed by atoms with Gasteiger partial charge in [0, 0.05) is 12.2 Å². The van der Waals surface area contributed by atoms with Gasteiger partial charge < -0.3 is 10.8 Å². The van der Waals surface area contributed by atoms with Crippen LogP contribution in [0.5, 0.6) is 0 Å². The number of hydrogen-bond acceptors (Lipinski definition) is 5. The van der Waals surface area contributed by atoms with Crippen molar-refractivity contribution in [1.82, 2.24) is 4.90 Å². The van der Waals surface area contributed by atoms with Crippen LogP contribution < -0.4 is 5.73 Å². The van der Waals surface area contributed by atoms with Crippen molar-refractivity contribution >= 4 is 15.5 Å². The Balaban J connectivity index is 2.04. The van der Waals surface area contributed by atoms with E-state index in [1.165, 1.54) is 0 Å². The molecule has 0 amide bonds. The molecule has 0 bridgehead atoms. The van der Waals surface area contributed by atoms with Crippen LogP contribution in [-0.2, 0) is 16.4 Å². The molecule has 0 spiro atoms. The number of sulfone groups is 1. The Morgan fingerprint density at radius 2 is 1.94 bits per heavy atom. The van der Waals surface area contributed by atoms with Crippen molar-refractivity contribution in [3.8, 4) is 0 Å². The minimum atomic E-state index is -3.10. The molecular weight excluding hydrogens is 252 g/mol. The number of nitrogen functional groups attached to an aromatic ring is 1. The summed E-state index contributed by atoms with van der Waals surface area (Å²) in [6, 6.07) is 7.10. The van der Waals surface area contributed by atoms with E-state index in [4.69, 9.17) is 5.73 Å². The highest BCUT2D eigenvalue weighted by atomic mass is 32.2. The van der Waals surface area contributed by atoms with Gasteiger partial charge in [0.2, 0.25) is 0 Å². The summed E-state index contributed by atoms with van der Waals surface area (Å²) in [6.07, 6.45) is -0.797. The average molecular weight is 270 g/mol. The van der Waals surface area contributed by atoms with Gasteiger partial charge in [-0.1, -0.05) is 12.1 Å². The van der Waals surface area contributed by atoms with Crippen LogP contribution in [0.2, 0.25) is 0 Å². The summed E-state index contributed by atoms with van der Waals surface area (Å²) in [5.41, 5.74) is 7.35. The summed E-state index contributed by atoms with van der Waals surface area (Å²) in [5.74, 6) is -0.108. The Morgan fingerprint density at radius 1 is 1.33 bits per heavy atom. The van der Waals surface area contributed by atoms with Crippen LogP contribution in [-0.4, -0.2) is 49.1 Å². The topological polar surface area (TPSA) is 83.6 Å². The van der Waals surface area contributed by atoms with Gasteiger partial charge in [-0.05, 0) is 24.7 Å². The molecule has 0 saturated carbocycles. The lowest BCUT2D eigenvalue weighted by molar-refractivity contribution is 0.0958. The van der Waals surface area contributed by atoms with Crippen LogP contribution >= 0.6 is 0 Å². The number of nitrogens with zero attached hydrogens (tertiary/aromatic N) is 1. The molecule has 0 radical (unpaired) electrons. The lowest BCUT2D eigenvalue weighted by Gasteiger charge is -2.25. The third kappa shape index (κ3) is 3.01. The van der Waals surface area contributed by atoms with Crippen LogP contribution in [0.15, 0.2) is 24.3 Å². The van der Waals surface area contributed by atoms with E-state index in [2.05, 4.69) is 0 Å². The van der Waals surface area contributed by atoms with E-state index < -0.39 is 15.9 Å². The molecule has 3 N–H and O–H groups in total. The number of benzene rings is 1.